The molecule has 3 N–H and O–H groups in total. The van der Waals surface area contributed by atoms with Gasteiger partial charge < -0.3 is 24.8 Å². The Morgan fingerprint density at radius 1 is 0.895 bits per heavy atom. The average molecular weight is 274 g/mol. The van der Waals surface area contributed by atoms with E-state index in [9.17, 15) is 15.3 Å². The number of hydrogen-bond donors (Lipinski definition) is 3. The second-order valence-corrected chi connectivity index (χ2v) is 7.83. The quantitative estimate of drug-likeness (QED) is 0.604. The predicted octanol–water partition coefficient (Wildman–Crippen LogP) is 0.657. The van der Waals surface area contributed by atoms with Crippen molar-refractivity contribution in [3.63, 3.8) is 0 Å². The molecule has 0 amide bonds. The van der Waals surface area contributed by atoms with Gasteiger partial charge in [-0.3, -0.25) is 0 Å². The van der Waals surface area contributed by atoms with Crippen LogP contribution >= 0.6 is 0 Å². The van der Waals surface area contributed by atoms with Crippen LogP contribution in [0.2, 0.25) is 0 Å². The zero-order chi connectivity index (χ0) is 14.9. The molecule has 0 saturated carbocycles. The van der Waals surface area contributed by atoms with Crippen LogP contribution in [0.3, 0.4) is 0 Å². The van der Waals surface area contributed by atoms with Crippen molar-refractivity contribution in [2.75, 3.05) is 6.61 Å². The molecule has 0 aromatic heterocycles. The molecule has 5 nitrogen and oxygen atoms in total. The maximum atomic E-state index is 10.4. The van der Waals surface area contributed by atoms with Crippen molar-refractivity contribution in [3.05, 3.63) is 0 Å². The summed E-state index contributed by atoms with van der Waals surface area (Å²) in [6, 6.07) is 0. The number of fused-ring (bicyclic) bond motifs is 2. The standard InChI is InChI=1S/C14H26O5/c1-11(2,3)13-7-18-14(19-13,12(4,5)6)10(17)8(15)9(13)16/h8-10,15-17H,7H2,1-6H3. The molecular formula is C14H26O5. The van der Waals surface area contributed by atoms with Gasteiger partial charge >= 0.3 is 0 Å². The number of ether oxygens (including phenoxy) is 2. The molecule has 5 unspecified atom stereocenters. The number of hydrogen-bond acceptors (Lipinski definition) is 5. The second-order valence-electron chi connectivity index (χ2n) is 7.83. The van der Waals surface area contributed by atoms with E-state index in [2.05, 4.69) is 0 Å². The van der Waals surface area contributed by atoms with E-state index in [-0.39, 0.29) is 6.61 Å². The van der Waals surface area contributed by atoms with E-state index < -0.39 is 40.5 Å². The normalized spacial score (nSPS) is 47.5. The Bertz CT molecular complexity index is 335. The molecule has 5 atom stereocenters. The van der Waals surface area contributed by atoms with Gasteiger partial charge in [-0.05, 0) is 5.41 Å². The highest BCUT2D eigenvalue weighted by Crippen LogP contribution is 2.56. The van der Waals surface area contributed by atoms with Crippen LogP contribution in [0.15, 0.2) is 0 Å². The molecular weight excluding hydrogens is 248 g/mol. The largest absolute Gasteiger partial charge is 0.387 e. The van der Waals surface area contributed by atoms with Gasteiger partial charge in [-0.25, -0.2) is 0 Å². The molecule has 5 heteroatoms. The lowest BCUT2D eigenvalue weighted by Gasteiger charge is -2.54. The Balaban J connectivity index is 2.54. The molecule has 2 heterocycles. The molecule has 0 spiro atoms. The topological polar surface area (TPSA) is 79.2 Å². The average Bonchev–Trinajstić information content (AvgIpc) is 2.63. The van der Waals surface area contributed by atoms with Gasteiger partial charge in [-0.15, -0.1) is 0 Å². The first-order chi connectivity index (χ1) is 8.39. The fourth-order valence-electron chi connectivity index (χ4n) is 3.14. The molecule has 2 aliphatic rings. The fraction of sp³-hybridized carbons (Fsp3) is 1.00. The monoisotopic (exact) mass is 274 g/mol. The van der Waals surface area contributed by atoms with Crippen molar-refractivity contribution in [2.24, 2.45) is 10.8 Å². The molecule has 2 bridgehead atoms. The van der Waals surface area contributed by atoms with Gasteiger partial charge in [0.25, 0.3) is 0 Å². The third kappa shape index (κ3) is 1.72. The van der Waals surface area contributed by atoms with Crippen molar-refractivity contribution in [2.45, 2.75) is 71.2 Å². The Labute approximate surface area is 114 Å². The van der Waals surface area contributed by atoms with E-state index >= 15 is 0 Å². The van der Waals surface area contributed by atoms with Crippen LogP contribution < -0.4 is 0 Å². The van der Waals surface area contributed by atoms with Gasteiger partial charge in [-0.1, -0.05) is 41.5 Å². The first-order valence-corrected chi connectivity index (χ1v) is 6.77. The highest BCUT2D eigenvalue weighted by atomic mass is 16.8. The SMILES string of the molecule is CC(C)(C)C12COC(C(C)(C)C)(O1)C(O)C(O)C2O. The lowest BCUT2D eigenvalue weighted by Crippen LogP contribution is -2.71. The van der Waals surface area contributed by atoms with Gasteiger partial charge in [0.15, 0.2) is 0 Å². The smallest absolute Gasteiger partial charge is 0.203 e. The molecule has 19 heavy (non-hydrogen) atoms. The summed E-state index contributed by atoms with van der Waals surface area (Å²) in [6.07, 6.45) is -3.74. The van der Waals surface area contributed by atoms with E-state index in [1.165, 1.54) is 0 Å². The summed E-state index contributed by atoms with van der Waals surface area (Å²) in [6.45, 7) is 11.6. The van der Waals surface area contributed by atoms with Crippen LogP contribution in [-0.2, 0) is 9.47 Å². The molecule has 0 aliphatic carbocycles. The van der Waals surface area contributed by atoms with E-state index in [1.54, 1.807) is 0 Å². The molecule has 2 saturated heterocycles. The number of aliphatic hydroxyl groups excluding tert-OH is 3. The maximum absolute atomic E-state index is 10.4. The van der Waals surface area contributed by atoms with Gasteiger partial charge in [0.2, 0.25) is 5.79 Å². The van der Waals surface area contributed by atoms with Crippen LogP contribution in [0.5, 0.6) is 0 Å². The van der Waals surface area contributed by atoms with Crippen LogP contribution in [0.4, 0.5) is 0 Å². The highest BCUT2D eigenvalue weighted by Gasteiger charge is 2.72. The summed E-state index contributed by atoms with van der Waals surface area (Å²) in [5, 5.41) is 31.0. The van der Waals surface area contributed by atoms with Gasteiger partial charge in [-0.2, -0.15) is 0 Å². The summed E-state index contributed by atoms with van der Waals surface area (Å²) in [4.78, 5) is 0. The second kappa shape index (κ2) is 3.92. The molecule has 2 aliphatic heterocycles. The fourth-order valence-corrected chi connectivity index (χ4v) is 3.14. The first kappa shape index (κ1) is 15.2. The zero-order valence-corrected chi connectivity index (χ0v) is 12.6. The minimum absolute atomic E-state index is 0.156. The third-order valence-electron chi connectivity index (χ3n) is 4.66. The van der Waals surface area contributed by atoms with Gasteiger partial charge in [0.1, 0.15) is 23.9 Å². The Kier molecular flexibility index (Phi) is 3.13. The van der Waals surface area contributed by atoms with Crippen molar-refractivity contribution in [1.82, 2.24) is 0 Å². The number of aliphatic hydroxyl groups is 3. The van der Waals surface area contributed by atoms with Crippen LogP contribution in [0.1, 0.15) is 41.5 Å². The minimum Gasteiger partial charge on any atom is -0.387 e. The predicted molar refractivity (Wildman–Crippen MR) is 69.4 cm³/mol. The summed E-state index contributed by atoms with van der Waals surface area (Å²) in [5.74, 6) is -1.29. The van der Waals surface area contributed by atoms with Crippen molar-refractivity contribution in [1.29, 1.82) is 0 Å². The van der Waals surface area contributed by atoms with Gasteiger partial charge in [0.05, 0.1) is 6.61 Å². The third-order valence-corrected chi connectivity index (χ3v) is 4.66. The lowest BCUT2D eigenvalue weighted by molar-refractivity contribution is -0.363. The van der Waals surface area contributed by atoms with Crippen molar-refractivity contribution >= 4 is 0 Å². The summed E-state index contributed by atoms with van der Waals surface area (Å²) < 4.78 is 11.9. The summed E-state index contributed by atoms with van der Waals surface area (Å²) in [7, 11) is 0. The van der Waals surface area contributed by atoms with E-state index in [0.717, 1.165) is 0 Å². The van der Waals surface area contributed by atoms with E-state index in [0.29, 0.717) is 0 Å². The molecule has 0 aromatic rings. The number of rotatable bonds is 0. The van der Waals surface area contributed by atoms with E-state index in [1.807, 2.05) is 41.5 Å². The molecule has 2 fully saturated rings. The molecule has 112 valence electrons. The van der Waals surface area contributed by atoms with Gasteiger partial charge in [0, 0.05) is 5.41 Å². The van der Waals surface area contributed by atoms with Crippen molar-refractivity contribution in [3.8, 4) is 0 Å². The first-order valence-electron chi connectivity index (χ1n) is 6.77. The Morgan fingerprint density at radius 2 is 1.42 bits per heavy atom. The summed E-state index contributed by atoms with van der Waals surface area (Å²) in [5.41, 5.74) is -1.97. The highest BCUT2D eigenvalue weighted by molar-refractivity contribution is 5.15. The van der Waals surface area contributed by atoms with E-state index in [4.69, 9.17) is 9.47 Å². The molecule has 2 rings (SSSR count). The molecule has 0 radical (unpaired) electrons. The van der Waals surface area contributed by atoms with Crippen LogP contribution in [0.25, 0.3) is 0 Å². The van der Waals surface area contributed by atoms with Crippen LogP contribution in [-0.4, -0.2) is 51.6 Å². The van der Waals surface area contributed by atoms with Crippen LogP contribution in [0, 0.1) is 10.8 Å². The Morgan fingerprint density at radius 3 is 1.84 bits per heavy atom. The molecule has 0 aromatic carbocycles. The van der Waals surface area contributed by atoms with Crippen molar-refractivity contribution < 1.29 is 24.8 Å². The lowest BCUT2D eigenvalue weighted by atomic mass is 9.68. The zero-order valence-electron chi connectivity index (χ0n) is 12.6. The Hall–Kier alpha value is -0.200. The summed E-state index contributed by atoms with van der Waals surface area (Å²) >= 11 is 0. The maximum Gasteiger partial charge on any atom is 0.203 e. The minimum atomic E-state index is -1.29.